The molecule has 2 aromatic heterocycles. The summed E-state index contributed by atoms with van der Waals surface area (Å²) in [5.41, 5.74) is 7.16. The number of nitrogens with zero attached hydrogens (tertiary/aromatic N) is 3. The van der Waals surface area contributed by atoms with E-state index in [1.54, 1.807) is 13.0 Å². The number of carbonyl (C=O) groups is 1. The second-order valence-corrected chi connectivity index (χ2v) is 6.68. The molecule has 0 atom stereocenters. The summed E-state index contributed by atoms with van der Waals surface area (Å²) < 4.78 is 25.7. The van der Waals surface area contributed by atoms with E-state index in [0.717, 1.165) is 0 Å². The van der Waals surface area contributed by atoms with Gasteiger partial charge in [0.05, 0.1) is 41.9 Å². The number of benzene rings is 1. The van der Waals surface area contributed by atoms with E-state index in [1.165, 1.54) is 35.4 Å². The third-order valence-electron chi connectivity index (χ3n) is 3.97. The van der Waals surface area contributed by atoms with E-state index in [-0.39, 0.29) is 30.5 Å². The van der Waals surface area contributed by atoms with Gasteiger partial charge in [-0.05, 0) is 24.6 Å². The normalized spacial score (nSPS) is 10.8. The molecule has 0 aliphatic heterocycles. The van der Waals surface area contributed by atoms with Gasteiger partial charge in [-0.1, -0.05) is 23.2 Å². The van der Waals surface area contributed by atoms with Crippen molar-refractivity contribution < 1.29 is 18.7 Å². The Morgan fingerprint density at radius 2 is 2.10 bits per heavy atom. The molecular weight excluding hydrogens is 422 g/mol. The minimum Gasteiger partial charge on any atom is -0.489 e. The summed E-state index contributed by atoms with van der Waals surface area (Å²) in [6.45, 7) is 2.14. The Kier molecular flexibility index (Phi) is 6.56. The van der Waals surface area contributed by atoms with E-state index in [2.05, 4.69) is 10.1 Å². The fourth-order valence-corrected chi connectivity index (χ4v) is 3.09. The molecule has 7 nitrogen and oxygen atoms in total. The summed E-state index contributed by atoms with van der Waals surface area (Å²) in [5.74, 6) is -0.546. The Morgan fingerprint density at radius 3 is 2.86 bits per heavy atom. The average molecular weight is 439 g/mol. The molecular formula is C19H17Cl2FN4O3. The minimum absolute atomic E-state index is 0.0380. The maximum Gasteiger partial charge on any atom is 0.341 e. The van der Waals surface area contributed by atoms with Gasteiger partial charge in [0.15, 0.2) is 11.6 Å². The quantitative estimate of drug-likeness (QED) is 0.440. The number of carbonyl (C=O) groups excluding carboxylic acids is 1. The molecule has 0 saturated carbocycles. The number of rotatable bonds is 7. The summed E-state index contributed by atoms with van der Waals surface area (Å²) in [6, 6.07) is 4.27. The van der Waals surface area contributed by atoms with Crippen molar-refractivity contribution in [3.63, 3.8) is 0 Å². The van der Waals surface area contributed by atoms with Gasteiger partial charge < -0.3 is 15.2 Å². The summed E-state index contributed by atoms with van der Waals surface area (Å²) >= 11 is 12.0. The minimum atomic E-state index is -0.551. The first kappa shape index (κ1) is 20.9. The number of anilines is 1. The molecule has 0 aliphatic carbocycles. The van der Waals surface area contributed by atoms with Crippen LogP contribution >= 0.6 is 23.2 Å². The van der Waals surface area contributed by atoms with Gasteiger partial charge in [0, 0.05) is 23.7 Å². The molecule has 0 fully saturated rings. The summed E-state index contributed by atoms with van der Waals surface area (Å²) in [7, 11) is 0. The standard InChI is InChI=1S/C19H17Cl2FN4O3/c1-2-28-19(27)11-8-25-26(10-11)12-7-16(18(23)24-9-12)29-6-5-13-14(20)3-4-15(22)17(13)21/h3-4,7-10H,2,5-6H2,1H3,(H2,23,24). The number of esters is 1. The molecule has 2 N–H and O–H groups in total. The molecule has 0 bridgehead atoms. The molecule has 10 heteroatoms. The maximum absolute atomic E-state index is 13.6. The van der Waals surface area contributed by atoms with Crippen LogP contribution in [0.1, 0.15) is 22.8 Å². The first-order chi connectivity index (χ1) is 13.9. The van der Waals surface area contributed by atoms with Crippen LogP contribution in [0.2, 0.25) is 10.0 Å². The van der Waals surface area contributed by atoms with Crippen LogP contribution in [0.25, 0.3) is 5.69 Å². The lowest BCUT2D eigenvalue weighted by Crippen LogP contribution is -2.07. The van der Waals surface area contributed by atoms with Crippen molar-refractivity contribution >= 4 is 35.0 Å². The molecule has 3 aromatic rings. The Labute approximate surface area is 176 Å². The number of hydrogen-bond donors (Lipinski definition) is 1. The van der Waals surface area contributed by atoms with Crippen LogP contribution in [-0.2, 0) is 11.2 Å². The number of halogens is 3. The van der Waals surface area contributed by atoms with Gasteiger partial charge in [-0.2, -0.15) is 5.10 Å². The SMILES string of the molecule is CCOC(=O)c1cnn(-c2cnc(N)c(OCCc3c(Cl)ccc(F)c3Cl)c2)c1. The van der Waals surface area contributed by atoms with Crippen molar-refractivity contribution in [2.24, 2.45) is 0 Å². The summed E-state index contributed by atoms with van der Waals surface area (Å²) in [6.07, 6.45) is 4.67. The fourth-order valence-electron chi connectivity index (χ4n) is 2.53. The highest BCUT2D eigenvalue weighted by atomic mass is 35.5. The third-order valence-corrected chi connectivity index (χ3v) is 4.74. The number of pyridine rings is 1. The molecule has 0 unspecified atom stereocenters. The predicted octanol–water partition coefficient (Wildman–Crippen LogP) is 4.09. The molecule has 1 aromatic carbocycles. The monoisotopic (exact) mass is 438 g/mol. The molecule has 0 radical (unpaired) electrons. The van der Waals surface area contributed by atoms with Crippen LogP contribution in [0, 0.1) is 5.82 Å². The highest BCUT2D eigenvalue weighted by molar-refractivity contribution is 6.36. The van der Waals surface area contributed by atoms with Gasteiger partial charge >= 0.3 is 5.97 Å². The van der Waals surface area contributed by atoms with Gasteiger partial charge in [0.1, 0.15) is 5.82 Å². The van der Waals surface area contributed by atoms with Crippen LogP contribution in [-0.4, -0.2) is 33.9 Å². The van der Waals surface area contributed by atoms with E-state index in [1.807, 2.05) is 0 Å². The second kappa shape index (κ2) is 9.11. The number of nitrogens with two attached hydrogens (primary N) is 1. The van der Waals surface area contributed by atoms with Crippen LogP contribution in [0.4, 0.5) is 10.2 Å². The van der Waals surface area contributed by atoms with Crippen molar-refractivity contribution in [2.75, 3.05) is 18.9 Å². The zero-order valence-electron chi connectivity index (χ0n) is 15.4. The summed E-state index contributed by atoms with van der Waals surface area (Å²) in [5, 5.41) is 4.44. The number of nitrogen functional groups attached to an aromatic ring is 1. The number of ether oxygens (including phenoxy) is 2. The zero-order chi connectivity index (χ0) is 21.0. The second-order valence-electron chi connectivity index (χ2n) is 5.89. The lowest BCUT2D eigenvalue weighted by Gasteiger charge is -2.12. The Bertz CT molecular complexity index is 1040. The van der Waals surface area contributed by atoms with Crippen LogP contribution in [0.5, 0.6) is 5.75 Å². The van der Waals surface area contributed by atoms with Gasteiger partial charge in [0.25, 0.3) is 0 Å². The van der Waals surface area contributed by atoms with Gasteiger partial charge in [-0.3, -0.25) is 0 Å². The first-order valence-electron chi connectivity index (χ1n) is 8.63. The molecule has 0 spiro atoms. The molecule has 0 aliphatic rings. The van der Waals surface area contributed by atoms with Crippen molar-refractivity contribution in [3.8, 4) is 11.4 Å². The van der Waals surface area contributed by atoms with E-state index in [0.29, 0.717) is 27.6 Å². The topological polar surface area (TPSA) is 92.3 Å². The van der Waals surface area contributed by atoms with Gasteiger partial charge in [-0.25, -0.2) is 18.9 Å². The van der Waals surface area contributed by atoms with E-state index in [9.17, 15) is 9.18 Å². The van der Waals surface area contributed by atoms with Crippen LogP contribution < -0.4 is 10.5 Å². The smallest absolute Gasteiger partial charge is 0.341 e. The van der Waals surface area contributed by atoms with Crippen LogP contribution in [0.3, 0.4) is 0 Å². The van der Waals surface area contributed by atoms with Crippen molar-refractivity contribution in [1.29, 1.82) is 0 Å². The number of hydrogen-bond acceptors (Lipinski definition) is 6. The zero-order valence-corrected chi connectivity index (χ0v) is 16.9. The van der Waals surface area contributed by atoms with Crippen molar-refractivity contribution in [1.82, 2.24) is 14.8 Å². The highest BCUT2D eigenvalue weighted by Gasteiger charge is 2.14. The molecule has 2 heterocycles. The Hall–Kier alpha value is -2.84. The molecule has 29 heavy (non-hydrogen) atoms. The van der Waals surface area contributed by atoms with Gasteiger partial charge in [0.2, 0.25) is 0 Å². The van der Waals surface area contributed by atoms with E-state index < -0.39 is 11.8 Å². The summed E-state index contributed by atoms with van der Waals surface area (Å²) in [4.78, 5) is 15.9. The van der Waals surface area contributed by atoms with Crippen molar-refractivity contribution in [3.05, 3.63) is 63.8 Å². The Morgan fingerprint density at radius 1 is 1.31 bits per heavy atom. The maximum atomic E-state index is 13.6. The lowest BCUT2D eigenvalue weighted by molar-refractivity contribution is 0.0526. The molecule has 0 amide bonds. The lowest BCUT2D eigenvalue weighted by atomic mass is 10.1. The third kappa shape index (κ3) is 4.78. The highest BCUT2D eigenvalue weighted by Crippen LogP contribution is 2.28. The largest absolute Gasteiger partial charge is 0.489 e. The number of aromatic nitrogens is 3. The van der Waals surface area contributed by atoms with E-state index in [4.69, 9.17) is 38.4 Å². The van der Waals surface area contributed by atoms with Gasteiger partial charge in [-0.15, -0.1) is 0 Å². The average Bonchev–Trinajstić information content (AvgIpc) is 3.19. The predicted molar refractivity (Wildman–Crippen MR) is 107 cm³/mol. The molecule has 0 saturated heterocycles. The fraction of sp³-hybridized carbons (Fsp3) is 0.211. The van der Waals surface area contributed by atoms with Crippen LogP contribution in [0.15, 0.2) is 36.8 Å². The van der Waals surface area contributed by atoms with E-state index >= 15 is 0 Å². The molecule has 3 rings (SSSR count). The molecule has 152 valence electrons. The Balaban J connectivity index is 1.73. The first-order valence-corrected chi connectivity index (χ1v) is 9.39. The van der Waals surface area contributed by atoms with Crippen molar-refractivity contribution in [2.45, 2.75) is 13.3 Å².